The Morgan fingerprint density at radius 2 is 0.765 bits per heavy atom. The Bertz CT molecular complexity index is 920. The third kappa shape index (κ3) is 10.8. The van der Waals surface area contributed by atoms with Gasteiger partial charge in [0.2, 0.25) is 0 Å². The van der Waals surface area contributed by atoms with Crippen LogP contribution in [0.2, 0.25) is 0 Å². The molecule has 0 nitrogen and oxygen atoms in total. The van der Waals surface area contributed by atoms with Crippen molar-refractivity contribution >= 4 is 0 Å². The molecular formula is C33H39Ce-. The Kier molecular flexibility index (Phi) is 21.2. The molecule has 0 aliphatic rings. The van der Waals surface area contributed by atoms with E-state index >= 15 is 0 Å². The summed E-state index contributed by atoms with van der Waals surface area (Å²) in [4.78, 5) is 0. The molecule has 4 aromatic carbocycles. The van der Waals surface area contributed by atoms with Gasteiger partial charge in [0.25, 0.3) is 0 Å². The molecule has 0 atom stereocenters. The number of benzene rings is 4. The fourth-order valence-electron chi connectivity index (χ4n) is 3.53. The molecule has 176 valence electrons. The van der Waals surface area contributed by atoms with E-state index in [4.69, 9.17) is 0 Å². The maximum absolute atomic E-state index is 3.00. The van der Waals surface area contributed by atoms with Gasteiger partial charge in [-0.3, -0.25) is 0 Å². The summed E-state index contributed by atoms with van der Waals surface area (Å²) in [5.74, 6) is 0.267. The molecule has 0 aliphatic carbocycles. The third-order valence-electron chi connectivity index (χ3n) is 4.83. The number of rotatable bonds is 5. The van der Waals surface area contributed by atoms with Crippen molar-refractivity contribution in [2.45, 2.75) is 26.2 Å². The van der Waals surface area contributed by atoms with Crippen LogP contribution in [-0.4, -0.2) is 0 Å². The standard InChI is InChI=1S/C26H22.C2H6.2C2H4.CH3.Ce/c1-4-10-21(11-5-1)20-22-16-18-25(19-17-22)26(23-12-6-2-7-13-23)24-14-8-3-9-15-24;3*1-2;;/h1-19,26H,20H2;1-2H3;2*1-2H2;1H3;/q;;;;-1;. The first-order valence-corrected chi connectivity index (χ1v) is 11.1. The second kappa shape index (κ2) is 21.3. The summed E-state index contributed by atoms with van der Waals surface area (Å²) < 4.78 is 0. The van der Waals surface area contributed by atoms with E-state index in [9.17, 15) is 0 Å². The molecule has 0 radical (unpaired) electrons. The molecule has 0 aromatic heterocycles. The molecule has 0 aliphatic heterocycles. The fourth-order valence-corrected chi connectivity index (χ4v) is 3.53. The predicted octanol–water partition coefficient (Wildman–Crippen LogP) is 9.54. The summed E-state index contributed by atoms with van der Waals surface area (Å²) in [6, 6.07) is 41.2. The van der Waals surface area contributed by atoms with Crippen LogP contribution in [0.25, 0.3) is 0 Å². The zero-order valence-electron chi connectivity index (χ0n) is 21.1. The minimum absolute atomic E-state index is 0. The van der Waals surface area contributed by atoms with E-state index in [0.29, 0.717) is 0 Å². The van der Waals surface area contributed by atoms with Crippen molar-refractivity contribution in [3.8, 4) is 0 Å². The van der Waals surface area contributed by atoms with E-state index in [0.717, 1.165) is 6.42 Å². The first-order chi connectivity index (χ1) is 15.9. The molecule has 0 saturated carbocycles. The van der Waals surface area contributed by atoms with Crippen LogP contribution < -0.4 is 0 Å². The zero-order chi connectivity index (χ0) is 23.6. The van der Waals surface area contributed by atoms with Gasteiger partial charge in [-0.2, -0.15) is 0 Å². The minimum atomic E-state index is 0. The SMILES string of the molecule is C=C.C=C.CC.[CH3-].[Ce].c1ccc(Cc2ccc(C(c3ccccc3)c3ccccc3)cc2)cc1. The molecule has 34 heavy (non-hydrogen) atoms. The van der Waals surface area contributed by atoms with Crippen LogP contribution >= 0.6 is 0 Å². The molecule has 0 saturated heterocycles. The number of hydrogen-bond acceptors (Lipinski definition) is 0. The van der Waals surface area contributed by atoms with Crippen molar-refractivity contribution in [2.75, 3.05) is 0 Å². The summed E-state index contributed by atoms with van der Waals surface area (Å²) in [5, 5.41) is 0. The normalized spacial score (nSPS) is 8.68. The molecule has 1 heteroatoms. The second-order valence-electron chi connectivity index (χ2n) is 6.66. The molecule has 0 fully saturated rings. The average molecular weight is 576 g/mol. The molecule has 0 heterocycles. The maximum Gasteiger partial charge on any atom is 0.0339 e. The fraction of sp³-hybridized carbons (Fsp3) is 0.121. The molecular weight excluding hydrogens is 536 g/mol. The Morgan fingerprint density at radius 3 is 1.15 bits per heavy atom. The smallest absolute Gasteiger partial charge is 0.0339 e. The first-order valence-electron chi connectivity index (χ1n) is 11.1. The summed E-state index contributed by atoms with van der Waals surface area (Å²) >= 11 is 0. The van der Waals surface area contributed by atoms with Gasteiger partial charge in [-0.05, 0) is 34.2 Å². The van der Waals surface area contributed by atoms with Crippen molar-refractivity contribution in [3.05, 3.63) is 177 Å². The van der Waals surface area contributed by atoms with Gasteiger partial charge in [0, 0.05) is 47.7 Å². The molecule has 0 spiro atoms. The average Bonchev–Trinajstić information content (AvgIpc) is 2.91. The largest absolute Gasteiger partial charge is 0.358 e. The topological polar surface area (TPSA) is 0 Å². The monoisotopic (exact) mass is 575 g/mol. The van der Waals surface area contributed by atoms with E-state index in [2.05, 4.69) is 142 Å². The van der Waals surface area contributed by atoms with Crippen molar-refractivity contribution in [1.29, 1.82) is 0 Å². The van der Waals surface area contributed by atoms with Gasteiger partial charge in [0.1, 0.15) is 0 Å². The summed E-state index contributed by atoms with van der Waals surface area (Å²) in [6.07, 6.45) is 0.975. The first kappa shape index (κ1) is 33.9. The van der Waals surface area contributed by atoms with Gasteiger partial charge in [-0.15, -0.1) is 26.3 Å². The van der Waals surface area contributed by atoms with Gasteiger partial charge in [0.05, 0.1) is 0 Å². The van der Waals surface area contributed by atoms with Gasteiger partial charge in [0.15, 0.2) is 0 Å². The van der Waals surface area contributed by atoms with E-state index in [1.54, 1.807) is 0 Å². The minimum Gasteiger partial charge on any atom is -0.358 e. The van der Waals surface area contributed by atoms with Crippen molar-refractivity contribution < 1.29 is 41.7 Å². The Balaban J connectivity index is 0. The number of hydrogen-bond donors (Lipinski definition) is 0. The van der Waals surface area contributed by atoms with Crippen LogP contribution in [0.15, 0.2) is 142 Å². The van der Waals surface area contributed by atoms with Crippen molar-refractivity contribution in [3.63, 3.8) is 0 Å². The van der Waals surface area contributed by atoms with E-state index in [-0.39, 0.29) is 55.1 Å². The molecule has 0 bridgehead atoms. The quantitative estimate of drug-likeness (QED) is 0.126. The van der Waals surface area contributed by atoms with Crippen LogP contribution in [0, 0.1) is 49.2 Å². The third-order valence-corrected chi connectivity index (χ3v) is 4.83. The van der Waals surface area contributed by atoms with E-state index in [1.165, 1.54) is 27.8 Å². The Labute approximate surface area is 242 Å². The van der Waals surface area contributed by atoms with Crippen LogP contribution in [-0.2, 0) is 6.42 Å². The molecule has 0 amide bonds. The van der Waals surface area contributed by atoms with Crippen LogP contribution in [0.1, 0.15) is 47.6 Å². The van der Waals surface area contributed by atoms with E-state index < -0.39 is 0 Å². The molecule has 0 unspecified atom stereocenters. The van der Waals surface area contributed by atoms with Crippen LogP contribution in [0.3, 0.4) is 0 Å². The van der Waals surface area contributed by atoms with Gasteiger partial charge < -0.3 is 7.43 Å². The van der Waals surface area contributed by atoms with Gasteiger partial charge in [-0.1, -0.05) is 129 Å². The van der Waals surface area contributed by atoms with Gasteiger partial charge >= 0.3 is 0 Å². The summed E-state index contributed by atoms with van der Waals surface area (Å²) in [5.41, 5.74) is 6.69. The second-order valence-corrected chi connectivity index (χ2v) is 6.66. The Morgan fingerprint density at radius 1 is 0.471 bits per heavy atom. The van der Waals surface area contributed by atoms with Crippen molar-refractivity contribution in [1.82, 2.24) is 0 Å². The molecule has 4 rings (SSSR count). The molecule has 0 N–H and O–H groups in total. The molecule has 4 aromatic rings. The van der Waals surface area contributed by atoms with Crippen molar-refractivity contribution in [2.24, 2.45) is 0 Å². The maximum atomic E-state index is 3.00. The summed E-state index contributed by atoms with van der Waals surface area (Å²) in [7, 11) is 0. The van der Waals surface area contributed by atoms with E-state index in [1.807, 2.05) is 13.8 Å². The zero-order valence-corrected chi connectivity index (χ0v) is 24.2. The summed E-state index contributed by atoms with van der Waals surface area (Å²) in [6.45, 7) is 16.0. The predicted molar refractivity (Wildman–Crippen MR) is 150 cm³/mol. The Hall–Kier alpha value is -2.26. The van der Waals surface area contributed by atoms with Crippen LogP contribution in [0.4, 0.5) is 0 Å². The van der Waals surface area contributed by atoms with Gasteiger partial charge in [-0.25, -0.2) is 0 Å². The van der Waals surface area contributed by atoms with Crippen LogP contribution in [0.5, 0.6) is 0 Å².